The lowest BCUT2D eigenvalue weighted by molar-refractivity contribution is 0.0940. The Balaban J connectivity index is 1.60. The van der Waals surface area contributed by atoms with Crippen molar-refractivity contribution >= 4 is 39.7 Å². The SMILES string of the molecule is CCCCc1ccc(NC(=S)NNC(=O)c2n[nH]c(=O)c3ccccc23)cc1. The van der Waals surface area contributed by atoms with E-state index in [2.05, 4.69) is 45.4 Å². The lowest BCUT2D eigenvalue weighted by Gasteiger charge is -2.12. The lowest BCUT2D eigenvalue weighted by atomic mass is 10.1. The fourth-order valence-corrected chi connectivity index (χ4v) is 2.93. The Morgan fingerprint density at radius 2 is 1.79 bits per heavy atom. The van der Waals surface area contributed by atoms with Crippen molar-refractivity contribution in [3.63, 3.8) is 0 Å². The fourth-order valence-electron chi connectivity index (χ4n) is 2.76. The molecular weight excluding hydrogens is 374 g/mol. The molecule has 0 spiro atoms. The molecule has 0 bridgehead atoms. The van der Waals surface area contributed by atoms with Crippen LogP contribution in [0.1, 0.15) is 35.8 Å². The van der Waals surface area contributed by atoms with Gasteiger partial charge >= 0.3 is 0 Å². The number of thiocarbonyl (C=S) groups is 1. The van der Waals surface area contributed by atoms with Gasteiger partial charge in [0.05, 0.1) is 5.39 Å². The number of fused-ring (bicyclic) bond motifs is 1. The fraction of sp³-hybridized carbons (Fsp3) is 0.200. The molecular formula is C20H21N5O2S. The molecule has 0 saturated carbocycles. The van der Waals surface area contributed by atoms with Gasteiger partial charge in [0.15, 0.2) is 10.8 Å². The second-order valence-corrected chi connectivity index (χ2v) is 6.69. The number of benzene rings is 2. The number of carbonyl (C=O) groups is 1. The number of rotatable bonds is 5. The molecule has 1 amide bonds. The monoisotopic (exact) mass is 395 g/mol. The van der Waals surface area contributed by atoms with E-state index in [1.807, 2.05) is 12.1 Å². The Hall–Kier alpha value is -3.26. The van der Waals surface area contributed by atoms with Crippen molar-refractivity contribution in [2.24, 2.45) is 0 Å². The van der Waals surface area contributed by atoms with Crippen LogP contribution in [-0.4, -0.2) is 21.2 Å². The number of hydrazine groups is 1. The Bertz CT molecular complexity index is 1050. The maximum Gasteiger partial charge on any atom is 0.290 e. The van der Waals surface area contributed by atoms with Gasteiger partial charge in [-0.25, -0.2) is 5.10 Å². The number of anilines is 1. The van der Waals surface area contributed by atoms with Gasteiger partial charge in [-0.3, -0.25) is 20.4 Å². The number of nitrogens with one attached hydrogen (secondary N) is 4. The van der Waals surface area contributed by atoms with Crippen LogP contribution in [0.25, 0.3) is 10.8 Å². The zero-order valence-corrected chi connectivity index (χ0v) is 16.2. The highest BCUT2D eigenvalue weighted by molar-refractivity contribution is 7.80. The predicted molar refractivity (Wildman–Crippen MR) is 114 cm³/mol. The van der Waals surface area contributed by atoms with E-state index in [9.17, 15) is 9.59 Å². The number of hydrogen-bond acceptors (Lipinski definition) is 4. The van der Waals surface area contributed by atoms with Crippen LogP contribution in [0.4, 0.5) is 5.69 Å². The third-order valence-corrected chi connectivity index (χ3v) is 4.44. The second kappa shape index (κ2) is 9.09. The Morgan fingerprint density at radius 1 is 1.07 bits per heavy atom. The first-order chi connectivity index (χ1) is 13.6. The van der Waals surface area contributed by atoms with Gasteiger partial charge in [-0.1, -0.05) is 43.7 Å². The third kappa shape index (κ3) is 4.72. The highest BCUT2D eigenvalue weighted by atomic mass is 32.1. The first-order valence-electron chi connectivity index (χ1n) is 9.02. The number of aromatic amines is 1. The topological polar surface area (TPSA) is 98.9 Å². The van der Waals surface area contributed by atoms with Crippen LogP contribution in [0.15, 0.2) is 53.3 Å². The van der Waals surface area contributed by atoms with Gasteiger partial charge < -0.3 is 5.32 Å². The smallest absolute Gasteiger partial charge is 0.290 e. The van der Waals surface area contributed by atoms with Crippen molar-refractivity contribution in [3.05, 3.63) is 70.1 Å². The van der Waals surface area contributed by atoms with Crippen molar-refractivity contribution in [2.75, 3.05) is 5.32 Å². The minimum absolute atomic E-state index is 0.103. The van der Waals surface area contributed by atoms with Crippen LogP contribution in [0.3, 0.4) is 0 Å². The molecule has 1 heterocycles. The summed E-state index contributed by atoms with van der Waals surface area (Å²) in [4.78, 5) is 24.2. The molecule has 3 rings (SSSR count). The van der Waals surface area contributed by atoms with E-state index in [0.29, 0.717) is 10.8 Å². The van der Waals surface area contributed by atoms with Crippen LogP contribution >= 0.6 is 12.2 Å². The number of H-pyrrole nitrogens is 1. The Morgan fingerprint density at radius 3 is 2.50 bits per heavy atom. The summed E-state index contributed by atoms with van der Waals surface area (Å²) < 4.78 is 0. The van der Waals surface area contributed by atoms with Crippen molar-refractivity contribution in [1.82, 2.24) is 21.0 Å². The highest BCUT2D eigenvalue weighted by Gasteiger charge is 2.14. The van der Waals surface area contributed by atoms with E-state index < -0.39 is 5.91 Å². The van der Waals surface area contributed by atoms with Crippen molar-refractivity contribution in [3.8, 4) is 0 Å². The molecule has 0 saturated heterocycles. The summed E-state index contributed by atoms with van der Waals surface area (Å²) in [5, 5.41) is 10.3. The van der Waals surface area contributed by atoms with Gasteiger partial charge in [-0.05, 0) is 48.8 Å². The van der Waals surface area contributed by atoms with E-state index in [1.165, 1.54) is 5.56 Å². The zero-order valence-electron chi connectivity index (χ0n) is 15.4. The number of nitrogens with zero attached hydrogens (tertiary/aromatic N) is 1. The summed E-state index contributed by atoms with van der Waals surface area (Å²) in [6.45, 7) is 2.17. The molecule has 0 radical (unpaired) electrons. The molecule has 0 fully saturated rings. The van der Waals surface area contributed by atoms with E-state index in [4.69, 9.17) is 12.2 Å². The molecule has 4 N–H and O–H groups in total. The lowest BCUT2D eigenvalue weighted by Crippen LogP contribution is -2.44. The summed E-state index contributed by atoms with van der Waals surface area (Å²) >= 11 is 5.21. The minimum Gasteiger partial charge on any atom is -0.331 e. The summed E-state index contributed by atoms with van der Waals surface area (Å²) in [5.74, 6) is -0.508. The normalized spacial score (nSPS) is 10.5. The molecule has 0 aliphatic carbocycles. The van der Waals surface area contributed by atoms with Crippen molar-refractivity contribution in [1.29, 1.82) is 0 Å². The average Bonchev–Trinajstić information content (AvgIpc) is 2.72. The van der Waals surface area contributed by atoms with Gasteiger partial charge in [0.25, 0.3) is 11.5 Å². The molecule has 0 atom stereocenters. The standard InChI is InChI=1S/C20H21N5O2S/c1-2-3-6-13-9-11-14(12-10-13)21-20(28)25-24-19(27)17-15-7-4-5-8-16(15)18(26)23-22-17/h4-5,7-12H,2-3,6H2,1H3,(H,23,26)(H,24,27)(H2,21,25,28). The Labute approximate surface area is 167 Å². The first-order valence-corrected chi connectivity index (χ1v) is 9.43. The van der Waals surface area contributed by atoms with Crippen molar-refractivity contribution in [2.45, 2.75) is 26.2 Å². The summed E-state index contributed by atoms with van der Waals surface area (Å²) in [6, 6.07) is 14.8. The summed E-state index contributed by atoms with van der Waals surface area (Å²) in [5.41, 5.74) is 6.99. The van der Waals surface area contributed by atoms with Crippen molar-refractivity contribution < 1.29 is 4.79 Å². The highest BCUT2D eigenvalue weighted by Crippen LogP contribution is 2.13. The van der Waals surface area contributed by atoms with E-state index in [0.717, 1.165) is 24.9 Å². The zero-order chi connectivity index (χ0) is 19.9. The molecule has 0 unspecified atom stereocenters. The number of unbranched alkanes of at least 4 members (excludes halogenated alkanes) is 1. The average molecular weight is 395 g/mol. The third-order valence-electron chi connectivity index (χ3n) is 4.23. The number of aromatic nitrogens is 2. The van der Waals surface area contributed by atoms with Gasteiger partial charge in [-0.2, -0.15) is 5.10 Å². The number of amides is 1. The molecule has 1 aromatic heterocycles. The molecule has 144 valence electrons. The predicted octanol–water partition coefficient (Wildman–Crippen LogP) is 2.90. The summed E-state index contributed by atoms with van der Waals surface area (Å²) in [7, 11) is 0. The molecule has 0 aliphatic rings. The van der Waals surface area contributed by atoms with Gasteiger partial charge in [0.1, 0.15) is 0 Å². The van der Waals surface area contributed by atoms with Crippen LogP contribution in [0.2, 0.25) is 0 Å². The van der Waals surface area contributed by atoms with E-state index in [-0.39, 0.29) is 16.4 Å². The number of hydrogen-bond donors (Lipinski definition) is 4. The quantitative estimate of drug-likeness (QED) is 0.392. The molecule has 28 heavy (non-hydrogen) atoms. The number of aryl methyl sites for hydroxylation is 1. The van der Waals surface area contributed by atoms with Crippen LogP contribution < -0.4 is 21.7 Å². The largest absolute Gasteiger partial charge is 0.331 e. The van der Waals surface area contributed by atoms with Gasteiger partial charge in [-0.15, -0.1) is 0 Å². The minimum atomic E-state index is -0.508. The Kier molecular flexibility index (Phi) is 6.33. The molecule has 2 aromatic carbocycles. The van der Waals surface area contributed by atoms with Crippen LogP contribution in [-0.2, 0) is 6.42 Å². The van der Waals surface area contributed by atoms with Gasteiger partial charge in [0, 0.05) is 11.1 Å². The second-order valence-electron chi connectivity index (χ2n) is 6.28. The van der Waals surface area contributed by atoms with Crippen LogP contribution in [0.5, 0.6) is 0 Å². The molecule has 7 nitrogen and oxygen atoms in total. The van der Waals surface area contributed by atoms with E-state index in [1.54, 1.807) is 24.3 Å². The summed E-state index contributed by atoms with van der Waals surface area (Å²) in [6.07, 6.45) is 3.37. The van der Waals surface area contributed by atoms with Crippen LogP contribution in [0, 0.1) is 0 Å². The van der Waals surface area contributed by atoms with E-state index >= 15 is 0 Å². The maximum absolute atomic E-state index is 12.4. The van der Waals surface area contributed by atoms with Gasteiger partial charge in [0.2, 0.25) is 0 Å². The molecule has 8 heteroatoms. The maximum atomic E-state index is 12.4. The molecule has 0 aliphatic heterocycles. The number of carbonyl (C=O) groups excluding carboxylic acids is 1. The molecule has 3 aromatic rings. The first kappa shape index (κ1) is 19.5.